The average molecular weight is 470 g/mol. The number of ether oxygens (including phenoxy) is 1. The van der Waals surface area contributed by atoms with Gasteiger partial charge in [0.05, 0.1) is 23.9 Å². The number of morpholine rings is 1. The smallest absolute Gasteiger partial charge is 0.185 e. The van der Waals surface area contributed by atoms with Crippen LogP contribution in [-0.4, -0.2) is 59.4 Å². The second kappa shape index (κ2) is 9.09. The summed E-state index contributed by atoms with van der Waals surface area (Å²) in [5.74, 6) is 2.12. The molecule has 6 rings (SSSR count). The van der Waals surface area contributed by atoms with E-state index in [0.29, 0.717) is 17.9 Å². The Morgan fingerprint density at radius 1 is 1.00 bits per heavy atom. The summed E-state index contributed by atoms with van der Waals surface area (Å²) in [6.07, 6.45) is 10.5. The lowest BCUT2D eigenvalue weighted by molar-refractivity contribution is -0.00547. The topological polar surface area (TPSA) is 78.4 Å². The van der Waals surface area contributed by atoms with Crippen molar-refractivity contribution in [3.8, 4) is 0 Å². The number of aromatic nitrogens is 3. The molecule has 3 saturated heterocycles. The third-order valence-corrected chi connectivity index (χ3v) is 9.00. The van der Waals surface area contributed by atoms with Crippen LogP contribution in [0.5, 0.6) is 0 Å². The Morgan fingerprint density at radius 2 is 1.82 bits per heavy atom. The lowest BCUT2D eigenvalue weighted by atomic mass is 9.75. The van der Waals surface area contributed by atoms with E-state index >= 15 is 0 Å². The van der Waals surface area contributed by atoms with Crippen molar-refractivity contribution >= 4 is 22.3 Å². The van der Waals surface area contributed by atoms with Crippen LogP contribution >= 0.6 is 11.3 Å². The van der Waals surface area contributed by atoms with Crippen molar-refractivity contribution in [3.63, 3.8) is 0 Å². The van der Waals surface area contributed by atoms with E-state index in [1.165, 1.54) is 42.1 Å². The summed E-state index contributed by atoms with van der Waals surface area (Å²) in [6, 6.07) is 2.90. The van der Waals surface area contributed by atoms with Crippen LogP contribution in [0.25, 0.3) is 0 Å². The fourth-order valence-electron chi connectivity index (χ4n) is 6.20. The number of nitrogens with zero attached hydrogens (tertiary/aromatic N) is 5. The Labute approximate surface area is 200 Å². The minimum absolute atomic E-state index is 0.210. The first-order chi connectivity index (χ1) is 16.1. The Bertz CT molecular complexity index is 954. The minimum Gasteiger partial charge on any atom is -0.372 e. The zero-order chi connectivity index (χ0) is 22.4. The highest BCUT2D eigenvalue weighted by Gasteiger charge is 2.42. The van der Waals surface area contributed by atoms with Gasteiger partial charge in [-0.1, -0.05) is 0 Å². The molecule has 1 saturated carbocycles. The second-order valence-corrected chi connectivity index (χ2v) is 11.3. The molecule has 2 aromatic rings. The van der Waals surface area contributed by atoms with E-state index in [1.54, 1.807) is 6.33 Å². The fourth-order valence-corrected chi connectivity index (χ4v) is 7.31. The number of hydrazine groups is 1. The Hall–Kier alpha value is -1.81. The van der Waals surface area contributed by atoms with Crippen LogP contribution in [0.2, 0.25) is 0 Å². The van der Waals surface area contributed by atoms with E-state index in [2.05, 4.69) is 51.7 Å². The monoisotopic (exact) mass is 469 g/mol. The van der Waals surface area contributed by atoms with Crippen LogP contribution in [0.15, 0.2) is 18.6 Å². The maximum absolute atomic E-state index is 5.91. The van der Waals surface area contributed by atoms with Crippen LogP contribution < -0.4 is 20.7 Å². The summed E-state index contributed by atoms with van der Waals surface area (Å²) in [7, 11) is 0. The summed E-state index contributed by atoms with van der Waals surface area (Å²) in [6.45, 7) is 8.33. The molecular weight excluding hydrogens is 434 g/mol. The Balaban J connectivity index is 1.18. The highest BCUT2D eigenvalue weighted by Crippen LogP contribution is 2.46. The third kappa shape index (κ3) is 4.36. The molecule has 6 atom stereocenters. The molecule has 33 heavy (non-hydrogen) atoms. The van der Waals surface area contributed by atoms with Crippen LogP contribution in [0, 0.1) is 5.92 Å². The largest absolute Gasteiger partial charge is 0.372 e. The van der Waals surface area contributed by atoms with Gasteiger partial charge in [-0.15, -0.1) is 11.3 Å². The molecule has 4 fully saturated rings. The summed E-state index contributed by atoms with van der Waals surface area (Å²) < 4.78 is 5.91. The third-order valence-electron chi connectivity index (χ3n) is 7.78. The lowest BCUT2D eigenvalue weighted by Gasteiger charge is -2.36. The molecule has 4 unspecified atom stereocenters. The number of thiazole rings is 1. The summed E-state index contributed by atoms with van der Waals surface area (Å²) in [5.41, 5.74) is 8.25. The maximum atomic E-state index is 5.91. The van der Waals surface area contributed by atoms with E-state index in [1.807, 2.05) is 11.3 Å². The number of nitrogens with one attached hydrogen (secondary N) is 2. The number of fused-ring (bicyclic) bond motifs is 1. The molecule has 8 nitrogen and oxygen atoms in total. The molecule has 0 radical (unpaired) electrons. The number of rotatable bonds is 4. The van der Waals surface area contributed by atoms with Gasteiger partial charge in [-0.2, -0.15) is 0 Å². The molecule has 178 valence electrons. The zero-order valence-electron chi connectivity index (χ0n) is 19.6. The molecule has 0 amide bonds. The van der Waals surface area contributed by atoms with Gasteiger partial charge in [0.1, 0.15) is 12.1 Å². The van der Waals surface area contributed by atoms with Crippen molar-refractivity contribution < 1.29 is 4.74 Å². The second-order valence-electron chi connectivity index (χ2n) is 10.2. The maximum Gasteiger partial charge on any atom is 0.185 e. The predicted molar refractivity (Wildman–Crippen MR) is 131 cm³/mol. The van der Waals surface area contributed by atoms with Gasteiger partial charge in [0, 0.05) is 49.4 Å². The number of anilines is 2. The Kier molecular flexibility index (Phi) is 5.98. The van der Waals surface area contributed by atoms with E-state index < -0.39 is 0 Å². The van der Waals surface area contributed by atoms with Crippen molar-refractivity contribution in [1.82, 2.24) is 25.8 Å². The van der Waals surface area contributed by atoms with E-state index in [0.717, 1.165) is 37.7 Å². The van der Waals surface area contributed by atoms with Gasteiger partial charge in [0.25, 0.3) is 0 Å². The molecule has 0 bridgehead atoms. The molecule has 1 aliphatic carbocycles. The van der Waals surface area contributed by atoms with E-state index in [4.69, 9.17) is 14.7 Å². The molecule has 3 aliphatic heterocycles. The fraction of sp³-hybridized carbons (Fsp3) is 0.708. The first-order valence-electron chi connectivity index (χ1n) is 12.6. The van der Waals surface area contributed by atoms with Crippen LogP contribution in [0.3, 0.4) is 0 Å². The molecule has 0 spiro atoms. The van der Waals surface area contributed by atoms with Crippen molar-refractivity contribution in [3.05, 3.63) is 29.2 Å². The van der Waals surface area contributed by atoms with Crippen molar-refractivity contribution in [2.75, 3.05) is 36.0 Å². The highest BCUT2D eigenvalue weighted by atomic mass is 32.1. The van der Waals surface area contributed by atoms with Gasteiger partial charge < -0.3 is 14.5 Å². The molecule has 0 aromatic carbocycles. The van der Waals surface area contributed by atoms with Crippen molar-refractivity contribution in [2.45, 2.75) is 76.2 Å². The van der Waals surface area contributed by atoms with Gasteiger partial charge in [-0.3, -0.25) is 5.43 Å². The average Bonchev–Trinajstić information content (AvgIpc) is 3.58. The molecule has 5 heterocycles. The van der Waals surface area contributed by atoms with E-state index in [9.17, 15) is 0 Å². The highest BCUT2D eigenvalue weighted by molar-refractivity contribution is 7.15. The lowest BCUT2D eigenvalue weighted by Crippen LogP contribution is -2.46. The SMILES string of the molecule is C[C@@H]1CN(c2cc(C3NNC4CCC(c5cnc(N6CCCC6)s5)CC43)ncn2)C[C@H](C)O1. The van der Waals surface area contributed by atoms with Gasteiger partial charge in [-0.25, -0.2) is 20.4 Å². The standard InChI is InChI=1S/C24H35N7OS/c1-15-12-31(13-16(2)32-15)22-10-20(26-14-27-22)23-18-9-17(5-6-19(18)28-29-23)21-11-25-24(33-21)30-7-3-4-8-30/h10-11,14-19,23,28-29H,3-9,12-13H2,1-2H3/t15-,16+,17?,18?,19?,23?. The van der Waals surface area contributed by atoms with Crippen molar-refractivity contribution in [2.24, 2.45) is 5.92 Å². The first-order valence-corrected chi connectivity index (χ1v) is 13.4. The van der Waals surface area contributed by atoms with Gasteiger partial charge in [-0.05, 0) is 57.8 Å². The quantitative estimate of drug-likeness (QED) is 0.707. The summed E-state index contributed by atoms with van der Waals surface area (Å²) in [5, 5.41) is 1.22. The zero-order valence-corrected chi connectivity index (χ0v) is 20.4. The molecular formula is C24H35N7OS. The Morgan fingerprint density at radius 3 is 2.64 bits per heavy atom. The number of hydrogen-bond acceptors (Lipinski definition) is 9. The molecule has 9 heteroatoms. The normalized spacial score (nSPS) is 34.6. The van der Waals surface area contributed by atoms with Gasteiger partial charge in [0.2, 0.25) is 0 Å². The molecule has 4 aliphatic rings. The predicted octanol–water partition coefficient (Wildman–Crippen LogP) is 3.25. The molecule has 2 aromatic heterocycles. The van der Waals surface area contributed by atoms with Gasteiger partial charge in [0.15, 0.2) is 5.13 Å². The van der Waals surface area contributed by atoms with Gasteiger partial charge >= 0.3 is 0 Å². The molecule has 2 N–H and O–H groups in total. The van der Waals surface area contributed by atoms with Crippen LogP contribution in [-0.2, 0) is 4.74 Å². The van der Waals surface area contributed by atoms with Crippen molar-refractivity contribution in [1.29, 1.82) is 0 Å². The summed E-state index contributed by atoms with van der Waals surface area (Å²) in [4.78, 5) is 20.4. The number of hydrogen-bond donors (Lipinski definition) is 2. The summed E-state index contributed by atoms with van der Waals surface area (Å²) >= 11 is 1.92. The van der Waals surface area contributed by atoms with Crippen LogP contribution in [0.1, 0.15) is 68.5 Å². The first kappa shape index (κ1) is 21.7. The van der Waals surface area contributed by atoms with E-state index in [-0.39, 0.29) is 18.2 Å². The minimum atomic E-state index is 0.210. The van der Waals surface area contributed by atoms with Crippen LogP contribution in [0.4, 0.5) is 10.9 Å².